The minimum atomic E-state index is 0.864. The van der Waals surface area contributed by atoms with Crippen LogP contribution in [0.2, 0.25) is 0 Å². The second-order valence-electron chi connectivity index (χ2n) is 5.22. The maximum atomic E-state index is 4.65. The molecule has 0 aliphatic rings. The zero-order valence-corrected chi connectivity index (χ0v) is 12.8. The van der Waals surface area contributed by atoms with E-state index in [0.29, 0.717) is 0 Å². The molecule has 3 rings (SSSR count). The van der Waals surface area contributed by atoms with E-state index in [9.17, 15) is 0 Å². The number of aryl methyl sites for hydroxylation is 2. The normalized spacial score (nSPS) is 11.0. The molecule has 3 heteroatoms. The van der Waals surface area contributed by atoms with E-state index in [2.05, 4.69) is 29.0 Å². The van der Waals surface area contributed by atoms with E-state index in [0.717, 1.165) is 16.9 Å². The monoisotopic (exact) mass is 288 g/mol. The summed E-state index contributed by atoms with van der Waals surface area (Å²) in [6.45, 7) is 2.11. The number of nitrogens with zero attached hydrogens (tertiary/aromatic N) is 3. The van der Waals surface area contributed by atoms with Gasteiger partial charge >= 0.3 is 0 Å². The van der Waals surface area contributed by atoms with Crippen LogP contribution in [0, 0.1) is 6.92 Å². The molecule has 0 aliphatic carbocycles. The minimum Gasteiger partial charge on any atom is -0.248 e. The van der Waals surface area contributed by atoms with Crippen molar-refractivity contribution in [3.63, 3.8) is 0 Å². The van der Waals surface area contributed by atoms with Gasteiger partial charge in [0.25, 0.3) is 6.33 Å². The summed E-state index contributed by atoms with van der Waals surface area (Å²) in [7, 11) is 2.00. The highest BCUT2D eigenvalue weighted by Gasteiger charge is 2.15. The Balaban J connectivity index is 2.08. The first kappa shape index (κ1) is 14.1. The average molecular weight is 288 g/mol. The molecule has 108 valence electrons. The maximum absolute atomic E-state index is 4.65. The van der Waals surface area contributed by atoms with E-state index >= 15 is 0 Å². The summed E-state index contributed by atoms with van der Waals surface area (Å²) in [5.41, 5.74) is 5.40. The summed E-state index contributed by atoms with van der Waals surface area (Å²) >= 11 is 0. The summed E-state index contributed by atoms with van der Waals surface area (Å²) in [5, 5.41) is 0. The third-order valence-corrected chi connectivity index (χ3v) is 3.58. The molecule has 2 aromatic carbocycles. The highest BCUT2D eigenvalue weighted by atomic mass is 15.0. The van der Waals surface area contributed by atoms with E-state index in [4.69, 9.17) is 0 Å². The molecule has 0 saturated carbocycles. The predicted molar refractivity (Wildman–Crippen MR) is 89.3 cm³/mol. The molecule has 1 aromatic heterocycles. The van der Waals surface area contributed by atoms with Crippen LogP contribution in [0.25, 0.3) is 11.3 Å². The smallest absolute Gasteiger partial charge is 0.248 e. The van der Waals surface area contributed by atoms with Gasteiger partial charge in [0.15, 0.2) is 17.6 Å². The Morgan fingerprint density at radius 1 is 1.00 bits per heavy atom. The molecule has 3 aromatic rings. The van der Waals surface area contributed by atoms with Crippen molar-refractivity contribution in [3.05, 3.63) is 78.2 Å². The molecular weight excluding hydrogens is 270 g/mol. The SMILES string of the molecule is Cc1ccccc1-c1c(N=Cc2ccccc2)cnc[n+]1C. The molecule has 3 nitrogen and oxygen atoms in total. The van der Waals surface area contributed by atoms with E-state index < -0.39 is 0 Å². The molecule has 0 aliphatic heterocycles. The van der Waals surface area contributed by atoms with Gasteiger partial charge in [0.05, 0.1) is 7.05 Å². The van der Waals surface area contributed by atoms with Gasteiger partial charge in [-0.15, -0.1) is 0 Å². The van der Waals surface area contributed by atoms with Gasteiger partial charge in [0.1, 0.15) is 0 Å². The Hall–Kier alpha value is -2.81. The topological polar surface area (TPSA) is 29.1 Å². The van der Waals surface area contributed by atoms with Gasteiger partial charge in [-0.05, 0) is 18.1 Å². The van der Waals surface area contributed by atoms with Gasteiger partial charge in [0, 0.05) is 11.8 Å². The second-order valence-corrected chi connectivity index (χ2v) is 5.22. The first-order valence-corrected chi connectivity index (χ1v) is 7.24. The van der Waals surface area contributed by atoms with Crippen LogP contribution in [-0.2, 0) is 7.05 Å². The third-order valence-electron chi connectivity index (χ3n) is 3.58. The fourth-order valence-corrected chi connectivity index (χ4v) is 2.45. The van der Waals surface area contributed by atoms with Gasteiger partial charge in [-0.25, -0.2) is 9.56 Å². The van der Waals surface area contributed by atoms with Crippen molar-refractivity contribution < 1.29 is 4.57 Å². The summed E-state index contributed by atoms with van der Waals surface area (Å²) < 4.78 is 2.01. The van der Waals surface area contributed by atoms with Gasteiger partial charge in [-0.2, -0.15) is 0 Å². The average Bonchev–Trinajstić information content (AvgIpc) is 2.55. The van der Waals surface area contributed by atoms with Crippen LogP contribution in [0.1, 0.15) is 11.1 Å². The molecule has 0 N–H and O–H groups in total. The number of hydrogen-bond donors (Lipinski definition) is 0. The molecule has 0 atom stereocenters. The summed E-state index contributed by atoms with van der Waals surface area (Å²) in [6, 6.07) is 18.4. The van der Waals surface area contributed by atoms with E-state index in [-0.39, 0.29) is 0 Å². The lowest BCUT2D eigenvalue weighted by Crippen LogP contribution is -2.31. The lowest BCUT2D eigenvalue weighted by Gasteiger charge is -2.07. The Morgan fingerprint density at radius 2 is 1.73 bits per heavy atom. The molecule has 0 fully saturated rings. The van der Waals surface area contributed by atoms with Crippen molar-refractivity contribution in [1.82, 2.24) is 4.98 Å². The van der Waals surface area contributed by atoms with Gasteiger partial charge in [-0.1, -0.05) is 59.6 Å². The Morgan fingerprint density at radius 3 is 2.50 bits per heavy atom. The highest BCUT2D eigenvalue weighted by molar-refractivity contribution is 5.84. The summed E-state index contributed by atoms with van der Waals surface area (Å²) in [4.78, 5) is 8.91. The number of benzene rings is 2. The van der Waals surface area contributed by atoms with Gasteiger partial charge in [-0.3, -0.25) is 0 Å². The predicted octanol–water partition coefficient (Wildman–Crippen LogP) is 3.63. The molecule has 0 radical (unpaired) electrons. The van der Waals surface area contributed by atoms with Crippen molar-refractivity contribution in [2.45, 2.75) is 6.92 Å². The van der Waals surface area contributed by atoms with Crippen molar-refractivity contribution in [1.29, 1.82) is 0 Å². The standard InChI is InChI=1S/C19H18N3/c1-15-8-6-7-11-17(15)19-18(13-20-14-22(19)2)21-12-16-9-4-3-5-10-16/h3-14H,1-2H3/q+1. The van der Waals surface area contributed by atoms with E-state index in [1.165, 1.54) is 11.1 Å². The van der Waals surface area contributed by atoms with Gasteiger partial charge in [0.2, 0.25) is 0 Å². The fourth-order valence-electron chi connectivity index (χ4n) is 2.45. The molecule has 0 spiro atoms. The van der Waals surface area contributed by atoms with E-state index in [1.807, 2.05) is 66.6 Å². The number of aliphatic imine (C=N–C) groups is 1. The maximum Gasteiger partial charge on any atom is 0.286 e. The number of hydrogen-bond acceptors (Lipinski definition) is 2. The third kappa shape index (κ3) is 2.93. The minimum absolute atomic E-state index is 0.864. The van der Waals surface area contributed by atoms with Crippen molar-refractivity contribution in [2.75, 3.05) is 0 Å². The van der Waals surface area contributed by atoms with Crippen LogP contribution in [0.3, 0.4) is 0 Å². The molecule has 0 unspecified atom stereocenters. The summed E-state index contributed by atoms with van der Waals surface area (Å²) in [5.74, 6) is 0. The van der Waals surface area contributed by atoms with Crippen LogP contribution in [-0.4, -0.2) is 11.2 Å². The molecule has 22 heavy (non-hydrogen) atoms. The molecule has 1 heterocycles. The van der Waals surface area contributed by atoms with Crippen molar-refractivity contribution in [3.8, 4) is 11.3 Å². The number of aromatic nitrogens is 2. The largest absolute Gasteiger partial charge is 0.286 e. The van der Waals surface area contributed by atoms with Crippen molar-refractivity contribution >= 4 is 11.9 Å². The number of rotatable bonds is 3. The zero-order valence-electron chi connectivity index (χ0n) is 12.8. The lowest BCUT2D eigenvalue weighted by molar-refractivity contribution is -0.663. The fraction of sp³-hybridized carbons (Fsp3) is 0.105. The zero-order chi connectivity index (χ0) is 15.4. The van der Waals surface area contributed by atoms with Crippen LogP contribution in [0.5, 0.6) is 0 Å². The highest BCUT2D eigenvalue weighted by Crippen LogP contribution is 2.28. The Kier molecular flexibility index (Phi) is 4.05. The lowest BCUT2D eigenvalue weighted by atomic mass is 10.0. The molecule has 0 bridgehead atoms. The van der Waals surface area contributed by atoms with E-state index in [1.54, 1.807) is 6.20 Å². The van der Waals surface area contributed by atoms with Crippen LogP contribution < -0.4 is 4.57 Å². The van der Waals surface area contributed by atoms with Crippen LogP contribution in [0.4, 0.5) is 5.69 Å². The quantitative estimate of drug-likeness (QED) is 0.534. The Labute approximate surface area is 130 Å². The first-order chi connectivity index (χ1) is 10.8. The Bertz CT molecular complexity index is 808. The summed E-state index contributed by atoms with van der Waals surface area (Å²) in [6.07, 6.45) is 5.49. The molecular formula is C19H18N3+. The van der Waals surface area contributed by atoms with Crippen LogP contribution >= 0.6 is 0 Å². The molecule has 0 saturated heterocycles. The second kappa shape index (κ2) is 6.31. The first-order valence-electron chi connectivity index (χ1n) is 7.24. The van der Waals surface area contributed by atoms with Gasteiger partial charge < -0.3 is 0 Å². The van der Waals surface area contributed by atoms with Crippen LogP contribution in [0.15, 0.2) is 72.1 Å². The van der Waals surface area contributed by atoms with Crippen molar-refractivity contribution in [2.24, 2.45) is 12.0 Å². The molecule has 0 amide bonds.